The average molecular weight is 389 g/mol. The molecule has 1 aliphatic heterocycles. The Morgan fingerprint density at radius 3 is 2.37 bits per heavy atom. The number of hydrogen-bond acceptors (Lipinski definition) is 5. The molecule has 6 nitrogen and oxygen atoms in total. The Balaban J connectivity index is 1.90. The molecule has 27 heavy (non-hydrogen) atoms. The summed E-state index contributed by atoms with van der Waals surface area (Å²) in [6.07, 6.45) is 1.89. The molecule has 1 saturated heterocycles. The van der Waals surface area contributed by atoms with Crippen LogP contribution in [0.3, 0.4) is 0 Å². The summed E-state index contributed by atoms with van der Waals surface area (Å²) >= 11 is 0. The summed E-state index contributed by atoms with van der Waals surface area (Å²) in [7, 11) is -2.09. The van der Waals surface area contributed by atoms with Crippen molar-refractivity contribution in [1.29, 1.82) is 0 Å². The summed E-state index contributed by atoms with van der Waals surface area (Å²) in [5.74, 6) is 2.17. The molecule has 3 rings (SSSR count). The van der Waals surface area contributed by atoms with Gasteiger partial charge in [0.15, 0.2) is 5.82 Å². The molecule has 0 amide bonds. The molecule has 0 spiro atoms. The molecule has 2 atom stereocenters. The fourth-order valence-electron chi connectivity index (χ4n) is 3.86. The molecule has 1 aliphatic rings. The molecule has 2 aromatic rings. The lowest BCUT2D eigenvalue weighted by Crippen LogP contribution is -2.39. The molecule has 0 aliphatic carbocycles. The molecule has 1 aromatic carbocycles. The van der Waals surface area contributed by atoms with Gasteiger partial charge in [-0.3, -0.25) is 0 Å². The zero-order valence-electron chi connectivity index (χ0n) is 16.4. The van der Waals surface area contributed by atoms with Crippen LogP contribution >= 0.6 is 0 Å². The Morgan fingerprint density at radius 2 is 1.81 bits per heavy atom. The van der Waals surface area contributed by atoms with E-state index in [1.54, 1.807) is 6.07 Å². The lowest BCUT2D eigenvalue weighted by atomic mass is 9.92. The number of benzene rings is 1. The molecule has 7 heteroatoms. The van der Waals surface area contributed by atoms with Gasteiger partial charge in [0, 0.05) is 18.7 Å². The van der Waals surface area contributed by atoms with E-state index in [1.165, 1.54) is 13.5 Å². The first-order valence-electron chi connectivity index (χ1n) is 9.49. The Hall–Kier alpha value is -1.99. The number of anilines is 1. The lowest BCUT2D eigenvalue weighted by Gasteiger charge is -2.35. The van der Waals surface area contributed by atoms with Gasteiger partial charge >= 0.3 is 0 Å². The Bertz CT molecular complexity index is 887. The van der Waals surface area contributed by atoms with E-state index < -0.39 is 10.0 Å². The third-order valence-electron chi connectivity index (χ3n) is 5.15. The maximum Gasteiger partial charge on any atom is 0.240 e. The van der Waals surface area contributed by atoms with E-state index >= 15 is 0 Å². The maximum atomic E-state index is 12.3. The van der Waals surface area contributed by atoms with Crippen molar-refractivity contribution in [3.8, 4) is 11.3 Å². The van der Waals surface area contributed by atoms with Crippen molar-refractivity contribution >= 4 is 15.8 Å². The van der Waals surface area contributed by atoms with E-state index in [-0.39, 0.29) is 0 Å². The van der Waals surface area contributed by atoms with Gasteiger partial charge in [-0.15, -0.1) is 10.2 Å². The second kappa shape index (κ2) is 7.94. The molecule has 0 radical (unpaired) electrons. The van der Waals surface area contributed by atoms with E-state index in [4.69, 9.17) is 0 Å². The normalized spacial score (nSPS) is 20.7. The van der Waals surface area contributed by atoms with Crippen LogP contribution in [0.15, 0.2) is 35.2 Å². The summed E-state index contributed by atoms with van der Waals surface area (Å²) in [4.78, 5) is 2.58. The number of nitrogens with one attached hydrogen (secondary N) is 1. The fourth-order valence-corrected chi connectivity index (χ4v) is 4.92. The minimum absolute atomic E-state index is 0.301. The van der Waals surface area contributed by atoms with Crippen LogP contribution in [0.2, 0.25) is 0 Å². The number of sulfonamides is 1. The minimum Gasteiger partial charge on any atom is -0.355 e. The summed E-state index contributed by atoms with van der Waals surface area (Å²) in [5.41, 5.74) is 2.21. The van der Waals surface area contributed by atoms with Crippen molar-refractivity contribution in [1.82, 2.24) is 14.9 Å². The average Bonchev–Trinajstić information content (AvgIpc) is 2.67. The number of nitrogens with zero attached hydrogens (tertiary/aromatic N) is 3. The minimum atomic E-state index is -3.52. The molecule has 1 fully saturated rings. The third-order valence-corrected chi connectivity index (χ3v) is 6.64. The number of rotatable bonds is 5. The van der Waals surface area contributed by atoms with Crippen molar-refractivity contribution in [3.05, 3.63) is 35.9 Å². The SMILES string of the molecule is CCc1ccc(-c2ccc(N3C[C@H](C)C[C@H](C)C3)nn2)cc1S(=O)(=O)NC. The quantitative estimate of drug-likeness (QED) is 0.852. The van der Waals surface area contributed by atoms with Crippen molar-refractivity contribution < 1.29 is 8.42 Å². The zero-order valence-corrected chi connectivity index (χ0v) is 17.3. The smallest absolute Gasteiger partial charge is 0.240 e. The van der Waals surface area contributed by atoms with Crippen LogP contribution < -0.4 is 9.62 Å². The third kappa shape index (κ3) is 4.30. The summed E-state index contributed by atoms with van der Waals surface area (Å²) < 4.78 is 27.1. The molecule has 2 heterocycles. The fraction of sp³-hybridized carbons (Fsp3) is 0.500. The van der Waals surface area contributed by atoms with Crippen LogP contribution in [-0.2, 0) is 16.4 Å². The second-order valence-corrected chi connectivity index (χ2v) is 9.37. The topological polar surface area (TPSA) is 75.2 Å². The molecule has 0 bridgehead atoms. The highest BCUT2D eigenvalue weighted by molar-refractivity contribution is 7.89. The first kappa shape index (κ1) is 19.8. The largest absolute Gasteiger partial charge is 0.355 e. The van der Waals surface area contributed by atoms with E-state index in [9.17, 15) is 8.42 Å². The number of aromatic nitrogens is 2. The Kier molecular flexibility index (Phi) is 5.81. The van der Waals surface area contributed by atoms with Gasteiger partial charge in [-0.2, -0.15) is 0 Å². The van der Waals surface area contributed by atoms with Gasteiger partial charge in [-0.25, -0.2) is 13.1 Å². The lowest BCUT2D eigenvalue weighted by molar-refractivity contribution is 0.355. The van der Waals surface area contributed by atoms with Crippen LogP contribution in [0.4, 0.5) is 5.82 Å². The molecule has 0 saturated carbocycles. The molecular formula is C20H28N4O2S. The van der Waals surface area contributed by atoms with E-state index in [1.807, 2.05) is 31.2 Å². The highest BCUT2D eigenvalue weighted by Crippen LogP contribution is 2.27. The maximum absolute atomic E-state index is 12.3. The Labute approximate surface area is 162 Å². The van der Waals surface area contributed by atoms with Crippen molar-refractivity contribution in [2.75, 3.05) is 25.0 Å². The van der Waals surface area contributed by atoms with Crippen LogP contribution in [-0.4, -0.2) is 38.8 Å². The molecule has 1 aromatic heterocycles. The van der Waals surface area contributed by atoms with Gasteiger partial charge in [0.1, 0.15) is 0 Å². The first-order chi connectivity index (χ1) is 12.8. The summed E-state index contributed by atoms with van der Waals surface area (Å²) in [6, 6.07) is 9.33. The van der Waals surface area contributed by atoms with Crippen molar-refractivity contribution in [2.24, 2.45) is 11.8 Å². The van der Waals surface area contributed by atoms with Crippen molar-refractivity contribution in [3.63, 3.8) is 0 Å². The predicted octanol–water partition coefficient (Wildman–Crippen LogP) is 3.10. The van der Waals surface area contributed by atoms with Crippen LogP contribution in [0.5, 0.6) is 0 Å². The number of hydrogen-bond donors (Lipinski definition) is 1. The molecule has 146 valence electrons. The highest BCUT2D eigenvalue weighted by Gasteiger charge is 2.23. The van der Waals surface area contributed by atoms with Gasteiger partial charge in [0.25, 0.3) is 0 Å². The van der Waals surface area contributed by atoms with Gasteiger partial charge in [0.05, 0.1) is 10.6 Å². The first-order valence-corrected chi connectivity index (χ1v) is 11.0. The van der Waals surface area contributed by atoms with Crippen LogP contribution in [0, 0.1) is 11.8 Å². The highest BCUT2D eigenvalue weighted by atomic mass is 32.2. The second-order valence-electron chi connectivity index (χ2n) is 7.51. The van der Waals surface area contributed by atoms with Gasteiger partial charge in [-0.1, -0.05) is 32.9 Å². The molecular weight excluding hydrogens is 360 g/mol. The van der Waals surface area contributed by atoms with Gasteiger partial charge < -0.3 is 4.90 Å². The van der Waals surface area contributed by atoms with Crippen LogP contribution in [0.1, 0.15) is 32.8 Å². The van der Waals surface area contributed by atoms with Gasteiger partial charge in [0.2, 0.25) is 10.0 Å². The van der Waals surface area contributed by atoms with Crippen LogP contribution in [0.25, 0.3) is 11.3 Å². The van der Waals surface area contributed by atoms with E-state index in [2.05, 4.69) is 33.7 Å². The Morgan fingerprint density at radius 1 is 1.11 bits per heavy atom. The zero-order chi connectivity index (χ0) is 19.6. The van der Waals surface area contributed by atoms with E-state index in [0.717, 1.165) is 30.0 Å². The van der Waals surface area contributed by atoms with Gasteiger partial charge in [-0.05, 0) is 55.5 Å². The molecule has 0 unspecified atom stereocenters. The summed E-state index contributed by atoms with van der Waals surface area (Å²) in [6.45, 7) is 8.47. The molecule has 1 N–H and O–H groups in total. The predicted molar refractivity (Wildman–Crippen MR) is 108 cm³/mol. The summed E-state index contributed by atoms with van der Waals surface area (Å²) in [5, 5.41) is 8.78. The van der Waals surface area contributed by atoms with E-state index in [0.29, 0.717) is 28.8 Å². The monoisotopic (exact) mass is 388 g/mol. The number of aryl methyl sites for hydroxylation is 1. The number of piperidine rings is 1. The van der Waals surface area contributed by atoms with Crippen molar-refractivity contribution in [2.45, 2.75) is 38.5 Å². The standard InChI is InChI=1S/C20H28N4O2S/c1-5-16-6-7-17(11-19(16)27(25,26)21-4)18-8-9-20(23-22-18)24-12-14(2)10-15(3)13-24/h6-9,11,14-15,21H,5,10,12-13H2,1-4H3/t14-,15+.